The smallest absolute Gasteiger partial charge is 0.322 e. The number of nitrogens with one attached hydrogen (secondary N) is 4. The maximum atomic E-state index is 14.5. The number of hydrogen-bond acceptors (Lipinski definition) is 6. The first kappa shape index (κ1) is 32.4. The van der Waals surface area contributed by atoms with Crippen molar-refractivity contribution >= 4 is 34.6 Å². The molecule has 3 aromatic rings. The van der Waals surface area contributed by atoms with Crippen molar-refractivity contribution in [2.45, 2.75) is 76.5 Å². The van der Waals surface area contributed by atoms with Crippen LogP contribution >= 0.6 is 0 Å². The molecule has 3 saturated heterocycles. The SMILES string of the molecule is CCc1cc(CC(NC(=O)N2CCC(N3CCc4ccccc4NC3=O)CC2)C(=O)N2CCCCC2N2CCNCC2)cc2cn[nH]c12. The molecule has 12 nitrogen and oxygen atoms in total. The number of hydrogen-bond donors (Lipinski definition) is 4. The average Bonchev–Trinajstić information content (AvgIpc) is 3.54. The number of H-pyrrole nitrogens is 1. The number of para-hydroxylation sites is 1. The van der Waals surface area contributed by atoms with Crippen LogP contribution < -0.4 is 16.0 Å². The molecule has 0 aliphatic carbocycles. The van der Waals surface area contributed by atoms with E-state index in [1.807, 2.05) is 39.1 Å². The molecular weight excluding hydrogens is 606 g/mol. The molecular formula is C36H49N9O3. The average molecular weight is 656 g/mol. The fourth-order valence-corrected chi connectivity index (χ4v) is 8.12. The van der Waals surface area contributed by atoms with E-state index in [1.165, 1.54) is 0 Å². The standard InChI is InChI=1S/C36H49N9O3/c1-2-26-21-25(22-28-24-38-41-33(26)28)23-31(34(46)45-15-6-5-9-32(45)42-19-13-37-14-20-42)40-35(47)43-16-11-29(12-17-43)44-18-10-27-7-3-4-8-30(27)39-36(44)48/h3-4,7-8,21-22,24,29,31-32,37H,2,5-6,9-20,23H2,1H3,(H,38,41)(H,39,48)(H,40,47). The van der Waals surface area contributed by atoms with Gasteiger partial charge in [-0.2, -0.15) is 5.10 Å². The highest BCUT2D eigenvalue weighted by Crippen LogP contribution is 2.27. The van der Waals surface area contributed by atoms with Gasteiger partial charge in [-0.05, 0) is 73.8 Å². The summed E-state index contributed by atoms with van der Waals surface area (Å²) >= 11 is 0. The molecule has 1 aromatic heterocycles. The van der Waals surface area contributed by atoms with Gasteiger partial charge >= 0.3 is 12.1 Å². The number of urea groups is 2. The zero-order valence-corrected chi connectivity index (χ0v) is 28.0. The van der Waals surface area contributed by atoms with Crippen molar-refractivity contribution in [2.75, 3.05) is 57.7 Å². The molecule has 4 N–H and O–H groups in total. The summed E-state index contributed by atoms with van der Waals surface area (Å²) in [7, 11) is 0. The van der Waals surface area contributed by atoms with Crippen molar-refractivity contribution in [2.24, 2.45) is 0 Å². The molecule has 2 aromatic carbocycles. The van der Waals surface area contributed by atoms with Gasteiger partial charge in [0.1, 0.15) is 6.04 Å². The van der Waals surface area contributed by atoms with Crippen LogP contribution in [0, 0.1) is 0 Å². The van der Waals surface area contributed by atoms with Crippen LogP contribution in [-0.4, -0.2) is 118 Å². The number of aryl methyl sites for hydroxylation is 1. The number of anilines is 1. The molecule has 12 heteroatoms. The second-order valence-corrected chi connectivity index (χ2v) is 13.7. The van der Waals surface area contributed by atoms with Gasteiger partial charge in [-0.1, -0.05) is 31.2 Å². The van der Waals surface area contributed by atoms with Crippen molar-refractivity contribution in [1.29, 1.82) is 0 Å². The van der Waals surface area contributed by atoms with E-state index in [0.29, 0.717) is 45.4 Å². The molecule has 2 atom stereocenters. The number of rotatable bonds is 7. The van der Waals surface area contributed by atoms with Crippen LogP contribution in [0.4, 0.5) is 15.3 Å². The predicted molar refractivity (Wildman–Crippen MR) is 186 cm³/mol. The van der Waals surface area contributed by atoms with Gasteiger partial charge in [0.2, 0.25) is 5.91 Å². The minimum atomic E-state index is -0.692. The minimum Gasteiger partial charge on any atom is -0.326 e. The second-order valence-electron chi connectivity index (χ2n) is 13.7. The van der Waals surface area contributed by atoms with Gasteiger partial charge in [-0.15, -0.1) is 0 Å². The van der Waals surface area contributed by atoms with E-state index in [2.05, 4.69) is 56.2 Å². The van der Waals surface area contributed by atoms with Gasteiger partial charge in [-0.25, -0.2) is 9.59 Å². The van der Waals surface area contributed by atoms with E-state index in [4.69, 9.17) is 0 Å². The van der Waals surface area contributed by atoms with Gasteiger partial charge in [0.25, 0.3) is 0 Å². The minimum absolute atomic E-state index is 0.00684. The zero-order chi connectivity index (χ0) is 33.0. The first-order valence-electron chi connectivity index (χ1n) is 17.9. The fraction of sp³-hybridized carbons (Fsp3) is 0.556. The van der Waals surface area contributed by atoms with E-state index in [9.17, 15) is 14.4 Å². The van der Waals surface area contributed by atoms with Gasteiger partial charge in [0.05, 0.1) is 17.9 Å². The summed E-state index contributed by atoms with van der Waals surface area (Å²) in [6.07, 6.45) is 8.35. The topological polar surface area (TPSA) is 129 Å². The first-order chi connectivity index (χ1) is 23.5. The monoisotopic (exact) mass is 655 g/mol. The highest BCUT2D eigenvalue weighted by Gasteiger charge is 2.37. The molecule has 256 valence electrons. The van der Waals surface area contributed by atoms with Crippen molar-refractivity contribution in [3.63, 3.8) is 0 Å². The van der Waals surface area contributed by atoms with Crippen LogP contribution in [-0.2, 0) is 24.1 Å². The molecule has 2 unspecified atom stereocenters. The van der Waals surface area contributed by atoms with Crippen LogP contribution in [0.25, 0.3) is 10.9 Å². The summed E-state index contributed by atoms with van der Waals surface area (Å²) < 4.78 is 0. The maximum absolute atomic E-state index is 14.5. The summed E-state index contributed by atoms with van der Waals surface area (Å²) in [5, 5.41) is 18.1. The molecule has 0 radical (unpaired) electrons. The number of benzene rings is 2. The molecule has 5 amide bonds. The van der Waals surface area contributed by atoms with Crippen LogP contribution in [0.3, 0.4) is 0 Å². The molecule has 0 saturated carbocycles. The summed E-state index contributed by atoms with van der Waals surface area (Å²) in [5.41, 5.74) is 5.21. The normalized spacial score (nSPS) is 21.8. The lowest BCUT2D eigenvalue weighted by Crippen LogP contribution is -2.62. The summed E-state index contributed by atoms with van der Waals surface area (Å²) in [4.78, 5) is 49.9. The summed E-state index contributed by atoms with van der Waals surface area (Å²) in [6.45, 7) is 8.21. The Morgan fingerprint density at radius 3 is 2.62 bits per heavy atom. The van der Waals surface area contributed by atoms with E-state index in [0.717, 1.165) is 91.6 Å². The van der Waals surface area contributed by atoms with Crippen molar-refractivity contribution < 1.29 is 14.4 Å². The number of carbonyl (C=O) groups excluding carboxylic acids is 3. The Bertz CT molecular complexity index is 1610. The number of amides is 5. The Balaban J connectivity index is 1.06. The highest BCUT2D eigenvalue weighted by molar-refractivity contribution is 5.91. The molecule has 7 rings (SSSR count). The third-order valence-corrected chi connectivity index (χ3v) is 10.8. The third-order valence-electron chi connectivity index (χ3n) is 10.8. The number of piperidine rings is 2. The van der Waals surface area contributed by atoms with Gasteiger partial charge in [0, 0.05) is 75.9 Å². The molecule has 0 spiro atoms. The number of nitrogens with zero attached hydrogens (tertiary/aromatic N) is 5. The van der Waals surface area contributed by atoms with Gasteiger partial charge < -0.3 is 30.7 Å². The number of likely N-dealkylation sites (tertiary alicyclic amines) is 2. The molecule has 4 aliphatic heterocycles. The molecule has 5 heterocycles. The second kappa shape index (κ2) is 14.5. The lowest BCUT2D eigenvalue weighted by molar-refractivity contribution is -0.142. The summed E-state index contributed by atoms with van der Waals surface area (Å²) in [6, 6.07) is 11.3. The lowest BCUT2D eigenvalue weighted by Gasteiger charge is -2.45. The Morgan fingerprint density at radius 2 is 1.81 bits per heavy atom. The first-order valence-corrected chi connectivity index (χ1v) is 17.9. The molecule has 4 aliphatic rings. The van der Waals surface area contributed by atoms with Crippen molar-refractivity contribution in [3.05, 3.63) is 59.3 Å². The van der Waals surface area contributed by atoms with E-state index >= 15 is 0 Å². The lowest BCUT2D eigenvalue weighted by atomic mass is 9.97. The van der Waals surface area contributed by atoms with E-state index < -0.39 is 6.04 Å². The quantitative estimate of drug-likeness (QED) is 0.308. The molecule has 3 fully saturated rings. The largest absolute Gasteiger partial charge is 0.326 e. The third kappa shape index (κ3) is 6.86. The summed E-state index contributed by atoms with van der Waals surface area (Å²) in [5.74, 6) is -0.00684. The van der Waals surface area contributed by atoms with Crippen LogP contribution in [0.2, 0.25) is 0 Å². The zero-order valence-electron chi connectivity index (χ0n) is 28.0. The number of piperazine rings is 1. The Labute approximate surface area is 282 Å². The number of fused-ring (bicyclic) bond motifs is 2. The number of carbonyl (C=O) groups is 3. The highest BCUT2D eigenvalue weighted by atomic mass is 16.2. The number of aromatic nitrogens is 2. The van der Waals surface area contributed by atoms with E-state index in [-0.39, 0.29) is 30.2 Å². The van der Waals surface area contributed by atoms with Crippen LogP contribution in [0.1, 0.15) is 55.7 Å². The predicted octanol–water partition coefficient (Wildman–Crippen LogP) is 3.54. The van der Waals surface area contributed by atoms with E-state index in [1.54, 1.807) is 0 Å². The Kier molecular flexibility index (Phi) is 9.81. The molecule has 48 heavy (non-hydrogen) atoms. The van der Waals surface area contributed by atoms with Gasteiger partial charge in [-0.3, -0.25) is 14.8 Å². The van der Waals surface area contributed by atoms with Crippen LogP contribution in [0.5, 0.6) is 0 Å². The fourth-order valence-electron chi connectivity index (χ4n) is 8.12. The van der Waals surface area contributed by atoms with Crippen LogP contribution in [0.15, 0.2) is 42.6 Å². The molecule has 0 bridgehead atoms. The van der Waals surface area contributed by atoms with Crippen molar-refractivity contribution in [1.82, 2.24) is 40.4 Å². The number of aromatic amines is 1. The van der Waals surface area contributed by atoms with Gasteiger partial charge in [0.15, 0.2) is 0 Å². The van der Waals surface area contributed by atoms with Crippen molar-refractivity contribution in [3.8, 4) is 0 Å². The Morgan fingerprint density at radius 1 is 1.00 bits per heavy atom. The Hall–Kier alpha value is -4.16. The maximum Gasteiger partial charge on any atom is 0.322 e.